The average molecular weight is 318 g/mol. The molecule has 0 amide bonds. The quantitative estimate of drug-likeness (QED) is 0.838. The standard InChI is InChI=1S/C14H16F2O4S/c15-14(16,11-4-2-1-3-5-11)10-21(19,20)9-13(6-7-13)8-12(17)18/h1-5H,6-10H2,(H,17,18). The Bertz CT molecular complexity index is 622. The Hall–Kier alpha value is -1.50. The molecular formula is C14H16F2O4S. The summed E-state index contributed by atoms with van der Waals surface area (Å²) in [7, 11) is -4.04. The molecule has 0 aromatic heterocycles. The molecule has 0 aliphatic heterocycles. The molecule has 0 spiro atoms. The third-order valence-electron chi connectivity index (χ3n) is 3.61. The van der Waals surface area contributed by atoms with Crippen LogP contribution in [0.2, 0.25) is 0 Å². The average Bonchev–Trinajstić information content (AvgIpc) is 3.06. The fourth-order valence-electron chi connectivity index (χ4n) is 2.43. The van der Waals surface area contributed by atoms with Gasteiger partial charge in [0.15, 0.2) is 9.84 Å². The van der Waals surface area contributed by atoms with E-state index >= 15 is 0 Å². The third-order valence-corrected chi connectivity index (χ3v) is 5.46. The molecule has 0 heterocycles. The molecule has 4 nitrogen and oxygen atoms in total. The van der Waals surface area contributed by atoms with E-state index in [4.69, 9.17) is 5.11 Å². The van der Waals surface area contributed by atoms with E-state index in [0.29, 0.717) is 12.8 Å². The SMILES string of the molecule is O=C(O)CC1(CS(=O)(=O)CC(F)(F)c2ccccc2)CC1. The van der Waals surface area contributed by atoms with Crippen molar-refractivity contribution < 1.29 is 27.1 Å². The van der Waals surface area contributed by atoms with Crippen LogP contribution in [0.4, 0.5) is 8.78 Å². The summed E-state index contributed by atoms with van der Waals surface area (Å²) in [5.41, 5.74) is -1.20. The van der Waals surface area contributed by atoms with Crippen LogP contribution in [0.5, 0.6) is 0 Å². The first-order chi connectivity index (χ1) is 9.64. The van der Waals surface area contributed by atoms with E-state index in [9.17, 15) is 22.0 Å². The van der Waals surface area contributed by atoms with E-state index in [2.05, 4.69) is 0 Å². The summed E-state index contributed by atoms with van der Waals surface area (Å²) in [6.07, 6.45) is 0.619. The lowest BCUT2D eigenvalue weighted by Crippen LogP contribution is -2.30. The molecule has 0 saturated heterocycles. The Kier molecular flexibility index (Phi) is 4.06. The maximum Gasteiger partial charge on any atom is 0.303 e. The van der Waals surface area contributed by atoms with Crippen LogP contribution in [0.3, 0.4) is 0 Å². The number of benzene rings is 1. The van der Waals surface area contributed by atoms with E-state index in [0.717, 1.165) is 0 Å². The summed E-state index contributed by atoms with van der Waals surface area (Å²) in [6.45, 7) is 0. The van der Waals surface area contributed by atoms with Crippen molar-refractivity contribution in [2.45, 2.75) is 25.2 Å². The van der Waals surface area contributed by atoms with Crippen molar-refractivity contribution >= 4 is 15.8 Å². The van der Waals surface area contributed by atoms with Gasteiger partial charge in [-0.3, -0.25) is 4.79 Å². The highest BCUT2D eigenvalue weighted by Crippen LogP contribution is 2.50. The van der Waals surface area contributed by atoms with Crippen molar-refractivity contribution in [1.29, 1.82) is 0 Å². The summed E-state index contributed by atoms with van der Waals surface area (Å²) in [4.78, 5) is 10.7. The number of halogens is 2. The van der Waals surface area contributed by atoms with Crippen molar-refractivity contribution in [2.75, 3.05) is 11.5 Å². The van der Waals surface area contributed by atoms with Crippen LogP contribution in [0.1, 0.15) is 24.8 Å². The van der Waals surface area contributed by atoms with Crippen molar-refractivity contribution in [3.63, 3.8) is 0 Å². The van der Waals surface area contributed by atoms with Crippen LogP contribution >= 0.6 is 0 Å². The molecule has 0 atom stereocenters. The number of sulfone groups is 1. The van der Waals surface area contributed by atoms with Gasteiger partial charge in [-0.2, -0.15) is 0 Å². The van der Waals surface area contributed by atoms with Gasteiger partial charge < -0.3 is 5.11 Å². The molecule has 2 rings (SSSR count). The lowest BCUT2D eigenvalue weighted by molar-refractivity contribution is -0.138. The van der Waals surface area contributed by atoms with E-state index in [-0.39, 0.29) is 12.0 Å². The molecule has 1 aliphatic carbocycles. The second-order valence-electron chi connectivity index (χ2n) is 5.67. The summed E-state index contributed by atoms with van der Waals surface area (Å²) in [5, 5.41) is 8.75. The second-order valence-corrected chi connectivity index (χ2v) is 7.74. The molecular weight excluding hydrogens is 302 g/mol. The number of carboxylic acid groups (broad SMARTS) is 1. The third kappa shape index (κ3) is 4.23. The monoisotopic (exact) mass is 318 g/mol. The molecule has 0 bridgehead atoms. The van der Waals surface area contributed by atoms with Crippen molar-refractivity contribution in [2.24, 2.45) is 5.41 Å². The highest BCUT2D eigenvalue weighted by atomic mass is 32.2. The lowest BCUT2D eigenvalue weighted by atomic mass is 10.1. The Morgan fingerprint density at radius 1 is 1.24 bits per heavy atom. The first kappa shape index (κ1) is 15.9. The molecule has 0 unspecified atom stereocenters. The Morgan fingerprint density at radius 2 is 1.81 bits per heavy atom. The number of hydrogen-bond donors (Lipinski definition) is 1. The van der Waals surface area contributed by atoms with Crippen molar-refractivity contribution in [3.8, 4) is 0 Å². The summed E-state index contributed by atoms with van der Waals surface area (Å²) in [5.74, 6) is -6.35. The molecule has 1 saturated carbocycles. The molecule has 1 N–H and O–H groups in total. The minimum atomic E-state index is -4.04. The molecule has 116 valence electrons. The topological polar surface area (TPSA) is 71.4 Å². The number of rotatable bonds is 7. The van der Waals surface area contributed by atoms with Gasteiger partial charge in [0.25, 0.3) is 5.92 Å². The van der Waals surface area contributed by atoms with Crippen LogP contribution in [-0.2, 0) is 20.6 Å². The van der Waals surface area contributed by atoms with Crippen LogP contribution in [0, 0.1) is 5.41 Å². The van der Waals surface area contributed by atoms with Gasteiger partial charge in [0, 0.05) is 5.56 Å². The van der Waals surface area contributed by atoms with E-state index < -0.39 is 38.6 Å². The Balaban J connectivity index is 2.09. The zero-order valence-corrected chi connectivity index (χ0v) is 12.1. The number of hydrogen-bond acceptors (Lipinski definition) is 3. The Morgan fingerprint density at radius 3 is 2.29 bits per heavy atom. The highest BCUT2D eigenvalue weighted by molar-refractivity contribution is 7.91. The summed E-state index contributed by atoms with van der Waals surface area (Å²) in [6, 6.07) is 6.77. The molecule has 1 aromatic rings. The van der Waals surface area contributed by atoms with Gasteiger partial charge in [0.05, 0.1) is 12.2 Å². The van der Waals surface area contributed by atoms with Gasteiger partial charge in [0.1, 0.15) is 5.75 Å². The Labute approximate surface area is 121 Å². The number of carboxylic acids is 1. The summed E-state index contributed by atoms with van der Waals surface area (Å²) >= 11 is 0. The highest BCUT2D eigenvalue weighted by Gasteiger charge is 2.49. The zero-order chi connectivity index (χ0) is 15.7. The molecule has 21 heavy (non-hydrogen) atoms. The molecule has 7 heteroatoms. The fraction of sp³-hybridized carbons (Fsp3) is 0.500. The first-order valence-corrected chi connectivity index (χ1v) is 8.32. The normalized spacial score (nSPS) is 17.4. The number of carbonyl (C=O) groups is 1. The van der Waals surface area contributed by atoms with Crippen LogP contribution in [0.25, 0.3) is 0 Å². The molecule has 0 radical (unpaired) electrons. The van der Waals surface area contributed by atoms with Gasteiger partial charge in [0.2, 0.25) is 0 Å². The maximum atomic E-state index is 14.0. The van der Waals surface area contributed by atoms with Crippen LogP contribution < -0.4 is 0 Å². The van der Waals surface area contributed by atoms with Crippen molar-refractivity contribution in [3.05, 3.63) is 35.9 Å². The van der Waals surface area contributed by atoms with E-state index in [1.165, 1.54) is 24.3 Å². The van der Waals surface area contributed by atoms with Crippen molar-refractivity contribution in [1.82, 2.24) is 0 Å². The van der Waals surface area contributed by atoms with E-state index in [1.54, 1.807) is 6.07 Å². The van der Waals surface area contributed by atoms with Gasteiger partial charge in [-0.05, 0) is 18.3 Å². The minimum absolute atomic E-state index is 0.289. The zero-order valence-electron chi connectivity index (χ0n) is 11.3. The first-order valence-electron chi connectivity index (χ1n) is 6.50. The van der Waals surface area contributed by atoms with Gasteiger partial charge in [-0.25, -0.2) is 17.2 Å². The number of alkyl halides is 2. The maximum absolute atomic E-state index is 14.0. The van der Waals surface area contributed by atoms with Gasteiger partial charge >= 0.3 is 5.97 Å². The summed E-state index contributed by atoms with van der Waals surface area (Å²) < 4.78 is 52.0. The van der Waals surface area contributed by atoms with Gasteiger partial charge in [-0.1, -0.05) is 30.3 Å². The molecule has 1 fully saturated rings. The van der Waals surface area contributed by atoms with Crippen LogP contribution in [-0.4, -0.2) is 31.0 Å². The smallest absolute Gasteiger partial charge is 0.303 e. The van der Waals surface area contributed by atoms with Crippen LogP contribution in [0.15, 0.2) is 30.3 Å². The molecule has 1 aromatic carbocycles. The van der Waals surface area contributed by atoms with E-state index in [1.807, 2.05) is 0 Å². The fourth-order valence-corrected chi connectivity index (χ4v) is 4.57. The molecule has 1 aliphatic rings. The predicted octanol–water partition coefficient (Wildman–Crippen LogP) is 2.45. The van der Waals surface area contributed by atoms with Gasteiger partial charge in [-0.15, -0.1) is 0 Å². The number of aliphatic carboxylic acids is 1. The second kappa shape index (κ2) is 5.36. The largest absolute Gasteiger partial charge is 0.481 e. The predicted molar refractivity (Wildman–Crippen MR) is 72.9 cm³/mol. The lowest BCUT2D eigenvalue weighted by Gasteiger charge is -2.19. The minimum Gasteiger partial charge on any atom is -0.481 e.